The number of carbonyl (C=O) groups is 1. The SMILES string of the molecule is CN(Cc1ccc(-c2ccc(Cl)cc2)o1)C(=O)CSc1nnc(C2CC2)o1. The summed E-state index contributed by atoms with van der Waals surface area (Å²) >= 11 is 7.17. The maximum Gasteiger partial charge on any atom is 0.277 e. The number of furan rings is 1. The molecular formula is C19H18ClN3O3S. The third-order valence-corrected chi connectivity index (χ3v) is 5.33. The molecule has 1 aliphatic carbocycles. The standard InChI is InChI=1S/C19H18ClN3O3S/c1-23(17(24)11-27-19-22-21-18(26-19)13-2-3-13)10-15-8-9-16(25-15)12-4-6-14(20)7-5-12/h4-9,13H,2-3,10-11H2,1H3. The molecule has 140 valence electrons. The third-order valence-electron chi connectivity index (χ3n) is 4.28. The Morgan fingerprint density at radius 3 is 2.70 bits per heavy atom. The molecule has 27 heavy (non-hydrogen) atoms. The van der Waals surface area contributed by atoms with Crippen LogP contribution in [0.4, 0.5) is 0 Å². The molecule has 4 rings (SSSR count). The number of halogens is 1. The predicted molar refractivity (Wildman–Crippen MR) is 103 cm³/mol. The van der Waals surface area contributed by atoms with Crippen molar-refractivity contribution in [3.63, 3.8) is 0 Å². The van der Waals surface area contributed by atoms with Crippen molar-refractivity contribution in [1.29, 1.82) is 0 Å². The number of thioether (sulfide) groups is 1. The maximum absolute atomic E-state index is 12.3. The number of hydrogen-bond acceptors (Lipinski definition) is 6. The van der Waals surface area contributed by atoms with E-state index in [0.29, 0.717) is 28.6 Å². The van der Waals surface area contributed by atoms with E-state index < -0.39 is 0 Å². The second-order valence-electron chi connectivity index (χ2n) is 6.49. The highest BCUT2D eigenvalue weighted by Crippen LogP contribution is 2.39. The van der Waals surface area contributed by atoms with E-state index in [1.807, 2.05) is 36.4 Å². The molecule has 2 heterocycles. The van der Waals surface area contributed by atoms with Gasteiger partial charge in [-0.2, -0.15) is 0 Å². The summed E-state index contributed by atoms with van der Waals surface area (Å²) in [5.74, 6) is 2.77. The van der Waals surface area contributed by atoms with Gasteiger partial charge in [0.25, 0.3) is 5.22 Å². The van der Waals surface area contributed by atoms with E-state index in [0.717, 1.165) is 29.9 Å². The van der Waals surface area contributed by atoms with Crippen LogP contribution in [0.5, 0.6) is 0 Å². The molecule has 1 amide bonds. The fourth-order valence-corrected chi connectivity index (χ4v) is 3.40. The molecule has 0 spiro atoms. The van der Waals surface area contributed by atoms with Crippen molar-refractivity contribution in [3.8, 4) is 11.3 Å². The van der Waals surface area contributed by atoms with E-state index >= 15 is 0 Å². The van der Waals surface area contributed by atoms with Crippen molar-refractivity contribution in [2.45, 2.75) is 30.5 Å². The van der Waals surface area contributed by atoms with Gasteiger partial charge in [0.15, 0.2) is 0 Å². The molecule has 0 atom stereocenters. The highest BCUT2D eigenvalue weighted by molar-refractivity contribution is 7.99. The minimum Gasteiger partial charge on any atom is -0.459 e. The summed E-state index contributed by atoms with van der Waals surface area (Å²) in [7, 11) is 1.75. The van der Waals surface area contributed by atoms with Crippen molar-refractivity contribution in [2.24, 2.45) is 0 Å². The van der Waals surface area contributed by atoms with Crippen molar-refractivity contribution in [2.75, 3.05) is 12.8 Å². The highest BCUT2D eigenvalue weighted by Gasteiger charge is 2.29. The van der Waals surface area contributed by atoms with Gasteiger partial charge in [0.05, 0.1) is 12.3 Å². The summed E-state index contributed by atoms with van der Waals surface area (Å²) in [4.78, 5) is 14.0. The van der Waals surface area contributed by atoms with Crippen LogP contribution in [-0.4, -0.2) is 33.8 Å². The first-order valence-corrected chi connectivity index (χ1v) is 9.99. The Kier molecular flexibility index (Phi) is 5.22. The quantitative estimate of drug-likeness (QED) is 0.536. The summed E-state index contributed by atoms with van der Waals surface area (Å²) in [6.45, 7) is 0.393. The van der Waals surface area contributed by atoms with E-state index in [1.165, 1.54) is 11.8 Å². The second-order valence-corrected chi connectivity index (χ2v) is 7.85. The minimum atomic E-state index is -0.0318. The first-order chi connectivity index (χ1) is 13.1. The molecule has 3 aromatic rings. The molecular weight excluding hydrogens is 386 g/mol. The summed E-state index contributed by atoms with van der Waals surface area (Å²) in [5, 5.41) is 9.13. The fraction of sp³-hybridized carbons (Fsp3) is 0.316. The van der Waals surface area contributed by atoms with Crippen molar-refractivity contribution in [3.05, 3.63) is 53.1 Å². The van der Waals surface area contributed by atoms with Gasteiger partial charge in [-0.15, -0.1) is 10.2 Å². The maximum atomic E-state index is 12.3. The smallest absolute Gasteiger partial charge is 0.277 e. The molecule has 8 heteroatoms. The van der Waals surface area contributed by atoms with Crippen molar-refractivity contribution < 1.29 is 13.6 Å². The van der Waals surface area contributed by atoms with E-state index in [2.05, 4.69) is 10.2 Å². The topological polar surface area (TPSA) is 72.4 Å². The molecule has 6 nitrogen and oxygen atoms in total. The summed E-state index contributed by atoms with van der Waals surface area (Å²) < 4.78 is 11.4. The Balaban J connectivity index is 1.30. The first kappa shape index (κ1) is 18.1. The molecule has 1 aromatic carbocycles. The van der Waals surface area contributed by atoms with Gasteiger partial charge in [-0.1, -0.05) is 23.4 Å². The third kappa shape index (κ3) is 4.54. The minimum absolute atomic E-state index is 0.0318. The zero-order chi connectivity index (χ0) is 18.8. The number of benzene rings is 1. The average Bonchev–Trinajstić information content (AvgIpc) is 3.23. The van der Waals surface area contributed by atoms with Crippen LogP contribution in [0.15, 0.2) is 50.5 Å². The lowest BCUT2D eigenvalue weighted by atomic mass is 10.2. The first-order valence-electron chi connectivity index (χ1n) is 8.63. The Morgan fingerprint density at radius 2 is 1.96 bits per heavy atom. The van der Waals surface area contributed by atoms with Crippen LogP contribution in [0.25, 0.3) is 11.3 Å². The van der Waals surface area contributed by atoms with Gasteiger partial charge in [-0.25, -0.2) is 0 Å². The average molecular weight is 404 g/mol. The molecule has 0 radical (unpaired) electrons. The summed E-state index contributed by atoms with van der Waals surface area (Å²) in [6, 6.07) is 11.2. The lowest BCUT2D eigenvalue weighted by Gasteiger charge is -2.14. The van der Waals surface area contributed by atoms with Gasteiger partial charge in [-0.05, 0) is 49.2 Å². The molecule has 0 N–H and O–H groups in total. The van der Waals surface area contributed by atoms with E-state index in [1.54, 1.807) is 11.9 Å². The second kappa shape index (κ2) is 7.78. The Labute approximate surface area is 165 Å². The molecule has 0 aliphatic heterocycles. The molecule has 0 unspecified atom stereocenters. The van der Waals surface area contributed by atoms with Gasteiger partial charge in [0.2, 0.25) is 11.8 Å². The van der Waals surface area contributed by atoms with Gasteiger partial charge in [0.1, 0.15) is 11.5 Å². The monoisotopic (exact) mass is 403 g/mol. The van der Waals surface area contributed by atoms with Crippen LogP contribution < -0.4 is 0 Å². The van der Waals surface area contributed by atoms with Crippen molar-refractivity contribution >= 4 is 29.3 Å². The fourth-order valence-electron chi connectivity index (χ4n) is 2.56. The Morgan fingerprint density at radius 1 is 1.19 bits per heavy atom. The number of carbonyl (C=O) groups excluding carboxylic acids is 1. The number of hydrogen-bond donors (Lipinski definition) is 0. The zero-order valence-corrected chi connectivity index (χ0v) is 16.3. The van der Waals surface area contributed by atoms with Gasteiger partial charge >= 0.3 is 0 Å². The predicted octanol–water partition coefficient (Wildman–Crippen LogP) is 4.61. The number of nitrogens with zero attached hydrogens (tertiary/aromatic N) is 3. The Hall–Kier alpha value is -2.25. The van der Waals surface area contributed by atoms with Crippen molar-refractivity contribution in [1.82, 2.24) is 15.1 Å². The van der Waals surface area contributed by atoms with Gasteiger partial charge < -0.3 is 13.7 Å². The normalized spacial score (nSPS) is 13.7. The zero-order valence-electron chi connectivity index (χ0n) is 14.7. The molecule has 0 saturated heterocycles. The van der Waals surface area contributed by atoms with Crippen LogP contribution in [0.1, 0.15) is 30.4 Å². The Bertz CT molecular complexity index is 934. The van der Waals surface area contributed by atoms with Crippen LogP contribution in [0, 0.1) is 0 Å². The van der Waals surface area contributed by atoms with Crippen LogP contribution in [0.2, 0.25) is 5.02 Å². The molecule has 0 bridgehead atoms. The molecule has 1 aliphatic rings. The summed E-state index contributed by atoms with van der Waals surface area (Å²) in [5.41, 5.74) is 0.943. The number of amides is 1. The van der Waals surface area contributed by atoms with E-state index in [-0.39, 0.29) is 11.7 Å². The lowest BCUT2D eigenvalue weighted by molar-refractivity contribution is -0.127. The van der Waals surface area contributed by atoms with Crippen LogP contribution in [0.3, 0.4) is 0 Å². The number of aromatic nitrogens is 2. The summed E-state index contributed by atoms with van der Waals surface area (Å²) in [6.07, 6.45) is 2.21. The molecule has 1 fully saturated rings. The van der Waals surface area contributed by atoms with Gasteiger partial charge in [0, 0.05) is 23.6 Å². The van der Waals surface area contributed by atoms with E-state index in [4.69, 9.17) is 20.4 Å². The number of rotatable bonds is 7. The van der Waals surface area contributed by atoms with Gasteiger partial charge in [-0.3, -0.25) is 4.79 Å². The van der Waals surface area contributed by atoms with Crippen LogP contribution >= 0.6 is 23.4 Å². The largest absolute Gasteiger partial charge is 0.459 e. The van der Waals surface area contributed by atoms with Crippen LogP contribution in [-0.2, 0) is 11.3 Å². The van der Waals surface area contributed by atoms with E-state index in [9.17, 15) is 4.79 Å². The molecule has 1 saturated carbocycles. The highest BCUT2D eigenvalue weighted by atomic mass is 35.5. The lowest BCUT2D eigenvalue weighted by Crippen LogP contribution is -2.27. The molecule has 2 aromatic heterocycles.